The molecule has 1 saturated heterocycles. The molecule has 0 amide bonds. The van der Waals surface area contributed by atoms with E-state index in [4.69, 9.17) is 0 Å². The highest BCUT2D eigenvalue weighted by Crippen LogP contribution is 2.38. The molecule has 146 valence electrons. The maximum atomic E-state index is 13.2. The molecule has 1 N–H and O–H groups in total. The molecule has 2 heterocycles. The summed E-state index contributed by atoms with van der Waals surface area (Å²) in [5, 5.41) is 3.87. The molecule has 0 radical (unpaired) electrons. The molecule has 0 unspecified atom stereocenters. The van der Waals surface area contributed by atoms with Gasteiger partial charge in [-0.1, -0.05) is 18.2 Å². The summed E-state index contributed by atoms with van der Waals surface area (Å²) in [5.74, 6) is -0.205. The number of nitrogens with one attached hydrogen (secondary N) is 1. The van der Waals surface area contributed by atoms with Crippen LogP contribution in [0.4, 0.5) is 13.2 Å². The smallest absolute Gasteiger partial charge is 0.314 e. The molecule has 0 aliphatic carbocycles. The molecule has 1 aliphatic rings. The zero-order chi connectivity index (χ0) is 17.3. The highest BCUT2D eigenvalue weighted by Gasteiger charge is 2.37. The van der Waals surface area contributed by atoms with E-state index in [1.165, 1.54) is 11.5 Å². The highest BCUT2D eigenvalue weighted by molar-refractivity contribution is 5.93. The summed E-state index contributed by atoms with van der Waals surface area (Å²) in [5.41, 5.74) is 1.22. The third kappa shape index (κ3) is 4.91. The van der Waals surface area contributed by atoms with Crippen molar-refractivity contribution in [3.63, 3.8) is 0 Å². The SMILES string of the molecule is CC(=O)n1cc([C@@H](CC(F)(F)F)N2CCNCC2)c2ccccc21.Cl.Cl. The van der Waals surface area contributed by atoms with Crippen LogP contribution in [0.2, 0.25) is 0 Å². The molecule has 0 spiro atoms. The van der Waals surface area contributed by atoms with Crippen molar-refractivity contribution in [3.8, 4) is 0 Å². The Morgan fingerprint density at radius 2 is 1.81 bits per heavy atom. The molecule has 3 rings (SSSR count). The van der Waals surface area contributed by atoms with E-state index >= 15 is 0 Å². The number of hydrogen-bond donors (Lipinski definition) is 1. The van der Waals surface area contributed by atoms with Crippen LogP contribution in [0.5, 0.6) is 0 Å². The number of carbonyl (C=O) groups excluding carboxylic acids is 1. The van der Waals surface area contributed by atoms with Crippen LogP contribution < -0.4 is 5.32 Å². The Morgan fingerprint density at radius 3 is 2.38 bits per heavy atom. The van der Waals surface area contributed by atoms with Crippen LogP contribution in [-0.4, -0.2) is 47.7 Å². The summed E-state index contributed by atoms with van der Waals surface area (Å²) >= 11 is 0. The predicted molar refractivity (Wildman–Crippen MR) is 101 cm³/mol. The molecule has 1 aromatic carbocycles. The minimum absolute atomic E-state index is 0. The first kappa shape index (κ1) is 22.8. The van der Waals surface area contributed by atoms with Gasteiger partial charge in [-0.05, 0) is 11.6 Å². The van der Waals surface area contributed by atoms with Gasteiger partial charge in [0.05, 0.1) is 11.9 Å². The molecule has 1 aliphatic heterocycles. The Kier molecular flexibility index (Phi) is 7.95. The summed E-state index contributed by atoms with van der Waals surface area (Å²) in [4.78, 5) is 13.7. The first-order valence-corrected chi connectivity index (χ1v) is 7.99. The third-order valence-electron chi connectivity index (χ3n) is 4.46. The van der Waals surface area contributed by atoms with Gasteiger partial charge >= 0.3 is 6.18 Å². The van der Waals surface area contributed by atoms with Gasteiger partial charge in [0.15, 0.2) is 0 Å². The number of carbonyl (C=O) groups is 1. The fourth-order valence-corrected chi connectivity index (χ4v) is 3.38. The van der Waals surface area contributed by atoms with E-state index in [9.17, 15) is 18.0 Å². The number of aromatic nitrogens is 1. The lowest BCUT2D eigenvalue weighted by Crippen LogP contribution is -2.46. The maximum Gasteiger partial charge on any atom is 0.390 e. The Morgan fingerprint density at radius 1 is 1.19 bits per heavy atom. The van der Waals surface area contributed by atoms with E-state index < -0.39 is 18.6 Å². The van der Waals surface area contributed by atoms with E-state index in [2.05, 4.69) is 5.32 Å². The van der Waals surface area contributed by atoms with E-state index in [0.717, 1.165) is 0 Å². The molecule has 26 heavy (non-hydrogen) atoms. The summed E-state index contributed by atoms with van der Waals surface area (Å²) in [7, 11) is 0. The van der Waals surface area contributed by atoms with Gasteiger partial charge in [-0.25, -0.2) is 0 Å². The number of benzene rings is 1. The topological polar surface area (TPSA) is 37.3 Å². The lowest BCUT2D eigenvalue weighted by atomic mass is 10.00. The number of nitrogens with zero attached hydrogens (tertiary/aromatic N) is 2. The minimum atomic E-state index is -4.27. The second-order valence-electron chi connectivity index (χ2n) is 6.11. The third-order valence-corrected chi connectivity index (χ3v) is 4.46. The molecule has 0 saturated carbocycles. The molecule has 0 bridgehead atoms. The first-order chi connectivity index (χ1) is 11.4. The fourth-order valence-electron chi connectivity index (χ4n) is 3.38. The number of alkyl halides is 3. The Bertz CT molecular complexity index is 742. The zero-order valence-electron chi connectivity index (χ0n) is 14.3. The molecule has 9 heteroatoms. The minimum Gasteiger partial charge on any atom is -0.314 e. The van der Waals surface area contributed by atoms with Crippen molar-refractivity contribution < 1.29 is 18.0 Å². The van der Waals surface area contributed by atoms with Gasteiger partial charge in [-0.2, -0.15) is 13.2 Å². The first-order valence-electron chi connectivity index (χ1n) is 7.99. The number of fused-ring (bicyclic) bond motifs is 1. The summed E-state index contributed by atoms with van der Waals surface area (Å²) in [6.45, 7) is 3.86. The van der Waals surface area contributed by atoms with Crippen LogP contribution >= 0.6 is 24.8 Å². The van der Waals surface area contributed by atoms with E-state index in [0.29, 0.717) is 42.6 Å². The Balaban J connectivity index is 0.00000169. The maximum absolute atomic E-state index is 13.2. The average molecular weight is 412 g/mol. The van der Waals surface area contributed by atoms with Crippen LogP contribution in [0.3, 0.4) is 0 Å². The standard InChI is InChI=1S/C17H20F3N3O.2ClH/c1-12(24)23-11-14(13-4-2-3-5-15(13)23)16(10-17(18,19)20)22-8-6-21-7-9-22;;/h2-5,11,16,21H,6-10H2,1H3;2*1H/t16-;;/m1../s1. The number of piperazine rings is 1. The van der Waals surface area contributed by atoms with Gasteiger partial charge in [0, 0.05) is 50.7 Å². The number of rotatable bonds is 3. The molecule has 2 aromatic rings. The second-order valence-corrected chi connectivity index (χ2v) is 6.11. The van der Waals surface area contributed by atoms with Crippen LogP contribution in [0, 0.1) is 0 Å². The van der Waals surface area contributed by atoms with Crippen molar-refractivity contribution in [3.05, 3.63) is 36.0 Å². The van der Waals surface area contributed by atoms with Crippen molar-refractivity contribution >= 4 is 41.6 Å². The molecular weight excluding hydrogens is 390 g/mol. The Hall–Kier alpha value is -1.28. The van der Waals surface area contributed by atoms with Gasteiger partial charge < -0.3 is 5.32 Å². The molecule has 1 aromatic heterocycles. The number of para-hydroxylation sites is 1. The second kappa shape index (κ2) is 9.08. The normalized spacial score (nSPS) is 16.6. The van der Waals surface area contributed by atoms with Gasteiger partial charge in [-0.3, -0.25) is 14.3 Å². The number of halogens is 5. The van der Waals surface area contributed by atoms with E-state index in [1.807, 2.05) is 4.90 Å². The highest BCUT2D eigenvalue weighted by atomic mass is 35.5. The molecule has 4 nitrogen and oxygen atoms in total. The van der Waals surface area contributed by atoms with Gasteiger partial charge in [0.1, 0.15) is 0 Å². The molecule has 1 atom stereocenters. The largest absolute Gasteiger partial charge is 0.390 e. The number of hydrogen-bond acceptors (Lipinski definition) is 3. The van der Waals surface area contributed by atoms with Crippen molar-refractivity contribution in [2.45, 2.75) is 25.6 Å². The fraction of sp³-hybridized carbons (Fsp3) is 0.471. The van der Waals surface area contributed by atoms with Crippen molar-refractivity contribution in [1.29, 1.82) is 0 Å². The Labute approximate surface area is 162 Å². The lowest BCUT2D eigenvalue weighted by molar-refractivity contribution is -0.148. The van der Waals surface area contributed by atoms with Crippen molar-refractivity contribution in [2.75, 3.05) is 26.2 Å². The van der Waals surface area contributed by atoms with Crippen molar-refractivity contribution in [2.24, 2.45) is 0 Å². The van der Waals surface area contributed by atoms with Crippen LogP contribution in [-0.2, 0) is 0 Å². The molecule has 1 fully saturated rings. The van der Waals surface area contributed by atoms with Gasteiger partial charge in [-0.15, -0.1) is 24.8 Å². The average Bonchev–Trinajstić information content (AvgIpc) is 2.92. The summed E-state index contributed by atoms with van der Waals surface area (Å²) < 4.78 is 41.0. The zero-order valence-corrected chi connectivity index (χ0v) is 15.9. The summed E-state index contributed by atoms with van der Waals surface area (Å²) in [6.07, 6.45) is -3.61. The lowest BCUT2D eigenvalue weighted by Gasteiger charge is -2.35. The predicted octanol–water partition coefficient (Wildman–Crippen LogP) is 4.04. The van der Waals surface area contributed by atoms with E-state index in [-0.39, 0.29) is 30.7 Å². The van der Waals surface area contributed by atoms with Crippen molar-refractivity contribution in [1.82, 2.24) is 14.8 Å². The van der Waals surface area contributed by atoms with Crippen LogP contribution in [0.1, 0.15) is 29.7 Å². The van der Waals surface area contributed by atoms with Gasteiger partial charge in [0.25, 0.3) is 0 Å². The van der Waals surface area contributed by atoms with Crippen LogP contribution in [0.15, 0.2) is 30.5 Å². The summed E-state index contributed by atoms with van der Waals surface area (Å²) in [6, 6.07) is 6.35. The van der Waals surface area contributed by atoms with Crippen LogP contribution in [0.25, 0.3) is 10.9 Å². The quantitative estimate of drug-likeness (QED) is 0.827. The van der Waals surface area contributed by atoms with Gasteiger partial charge in [0.2, 0.25) is 5.91 Å². The van der Waals surface area contributed by atoms with E-state index in [1.54, 1.807) is 30.5 Å². The molecular formula is C17H22Cl2F3N3O. The monoisotopic (exact) mass is 411 g/mol.